The van der Waals surface area contributed by atoms with E-state index in [9.17, 15) is 9.90 Å². The Hall–Kier alpha value is -1.09. The number of nitrogens with one attached hydrogen (secondary N) is 1. The fraction of sp³-hybridized carbons (Fsp3) is 0.667. The molecule has 1 amide bonds. The number of carbonyl (C=O) groups excluding carboxylic acids is 1. The molecule has 0 aromatic heterocycles. The van der Waals surface area contributed by atoms with E-state index < -0.39 is 5.54 Å². The zero-order valence-electron chi connectivity index (χ0n) is 11.5. The molecule has 0 spiro atoms. The van der Waals surface area contributed by atoms with Crippen molar-refractivity contribution in [1.82, 2.24) is 5.32 Å². The highest BCUT2D eigenvalue weighted by Gasteiger charge is 2.35. The molecule has 0 heterocycles. The molecule has 1 fully saturated rings. The summed E-state index contributed by atoms with van der Waals surface area (Å²) in [6, 6.07) is 0. The second-order valence-electron chi connectivity index (χ2n) is 5.28. The van der Waals surface area contributed by atoms with Crippen LogP contribution >= 0.6 is 0 Å². The third kappa shape index (κ3) is 4.30. The zero-order chi connectivity index (χ0) is 13.4. The average molecular weight is 251 g/mol. The molecule has 1 aliphatic rings. The van der Waals surface area contributed by atoms with Crippen LogP contribution in [-0.2, 0) is 4.79 Å². The van der Waals surface area contributed by atoms with Crippen molar-refractivity contribution in [3.8, 4) is 0 Å². The van der Waals surface area contributed by atoms with E-state index in [1.165, 1.54) is 25.3 Å². The van der Waals surface area contributed by atoms with Gasteiger partial charge in [0.25, 0.3) is 0 Å². The Balaban J connectivity index is 2.60. The lowest BCUT2D eigenvalue weighted by molar-refractivity contribution is -0.119. The van der Waals surface area contributed by atoms with Crippen LogP contribution in [0, 0.1) is 5.92 Å². The quantitative estimate of drug-likeness (QED) is 0.583. The van der Waals surface area contributed by atoms with Crippen LogP contribution in [0.15, 0.2) is 24.3 Å². The molecule has 1 saturated carbocycles. The van der Waals surface area contributed by atoms with Crippen LogP contribution in [0.1, 0.15) is 46.0 Å². The van der Waals surface area contributed by atoms with Crippen LogP contribution in [0.5, 0.6) is 0 Å². The summed E-state index contributed by atoms with van der Waals surface area (Å²) in [7, 11) is 0. The van der Waals surface area contributed by atoms with Crippen LogP contribution in [0.3, 0.4) is 0 Å². The Morgan fingerprint density at radius 3 is 2.56 bits per heavy atom. The van der Waals surface area contributed by atoms with Gasteiger partial charge >= 0.3 is 0 Å². The lowest BCUT2D eigenvalue weighted by atomic mass is 9.76. The van der Waals surface area contributed by atoms with Crippen molar-refractivity contribution < 1.29 is 9.90 Å². The topological polar surface area (TPSA) is 49.3 Å². The summed E-state index contributed by atoms with van der Waals surface area (Å²) in [5.41, 5.74) is -0.488. The van der Waals surface area contributed by atoms with Gasteiger partial charge < -0.3 is 10.4 Å². The van der Waals surface area contributed by atoms with E-state index in [1.54, 1.807) is 6.08 Å². The summed E-state index contributed by atoms with van der Waals surface area (Å²) in [4.78, 5) is 11.8. The minimum absolute atomic E-state index is 0.000857. The highest BCUT2D eigenvalue weighted by Crippen LogP contribution is 2.32. The molecule has 0 radical (unpaired) electrons. The molecule has 18 heavy (non-hydrogen) atoms. The van der Waals surface area contributed by atoms with Gasteiger partial charge in [0.1, 0.15) is 0 Å². The summed E-state index contributed by atoms with van der Waals surface area (Å²) in [6.07, 6.45) is 12.8. The first-order valence-corrected chi connectivity index (χ1v) is 6.85. The zero-order valence-corrected chi connectivity index (χ0v) is 11.5. The maximum atomic E-state index is 11.8. The Kier molecular flexibility index (Phi) is 6.13. The molecule has 3 heteroatoms. The van der Waals surface area contributed by atoms with Gasteiger partial charge in [-0.1, -0.05) is 37.5 Å². The lowest BCUT2D eigenvalue weighted by Gasteiger charge is -2.39. The molecule has 0 saturated heterocycles. The minimum atomic E-state index is -0.488. The van der Waals surface area contributed by atoms with Gasteiger partial charge in [-0.15, -0.1) is 0 Å². The molecular formula is C15H25NO2. The molecule has 0 aromatic rings. The van der Waals surface area contributed by atoms with Crippen LogP contribution in [0.4, 0.5) is 0 Å². The van der Waals surface area contributed by atoms with Gasteiger partial charge in [-0.25, -0.2) is 0 Å². The molecule has 102 valence electrons. The summed E-state index contributed by atoms with van der Waals surface area (Å²) in [5, 5.41) is 12.6. The van der Waals surface area contributed by atoms with Crippen molar-refractivity contribution in [3.05, 3.63) is 24.3 Å². The first kappa shape index (κ1) is 15.0. The number of carbonyl (C=O) groups is 1. The predicted molar refractivity (Wildman–Crippen MR) is 74.2 cm³/mol. The molecule has 0 aromatic carbocycles. The van der Waals surface area contributed by atoms with Crippen molar-refractivity contribution in [1.29, 1.82) is 0 Å². The smallest absolute Gasteiger partial charge is 0.244 e. The Labute approximate surface area is 110 Å². The van der Waals surface area contributed by atoms with Gasteiger partial charge in [0.2, 0.25) is 5.91 Å². The van der Waals surface area contributed by atoms with Gasteiger partial charge in [-0.3, -0.25) is 4.79 Å². The summed E-state index contributed by atoms with van der Waals surface area (Å²) < 4.78 is 0. The first-order valence-electron chi connectivity index (χ1n) is 6.85. The maximum Gasteiger partial charge on any atom is 0.244 e. The summed E-state index contributed by atoms with van der Waals surface area (Å²) in [5.74, 6) is 0.255. The Morgan fingerprint density at radius 2 is 2.00 bits per heavy atom. The number of rotatable bonds is 5. The average Bonchev–Trinajstić information content (AvgIpc) is 2.40. The molecule has 3 nitrogen and oxygen atoms in total. The van der Waals surface area contributed by atoms with Crippen LogP contribution in [0.2, 0.25) is 0 Å². The number of amides is 1. The molecule has 2 N–H and O–H groups in total. The third-order valence-corrected chi connectivity index (χ3v) is 3.79. The highest BCUT2D eigenvalue weighted by molar-refractivity contribution is 5.88. The third-order valence-electron chi connectivity index (χ3n) is 3.79. The summed E-state index contributed by atoms with van der Waals surface area (Å²) >= 11 is 0. The van der Waals surface area contributed by atoms with E-state index >= 15 is 0 Å². The van der Waals surface area contributed by atoms with Crippen molar-refractivity contribution >= 4 is 5.91 Å². The largest absolute Gasteiger partial charge is 0.394 e. The van der Waals surface area contributed by atoms with Crippen LogP contribution < -0.4 is 5.32 Å². The molecule has 1 aliphatic carbocycles. The van der Waals surface area contributed by atoms with Crippen LogP contribution in [0.25, 0.3) is 0 Å². The van der Waals surface area contributed by atoms with E-state index in [-0.39, 0.29) is 12.5 Å². The van der Waals surface area contributed by atoms with E-state index in [4.69, 9.17) is 0 Å². The molecule has 1 atom stereocenters. The van der Waals surface area contributed by atoms with E-state index in [2.05, 4.69) is 5.32 Å². The number of allylic oxidation sites excluding steroid dienone is 3. The van der Waals surface area contributed by atoms with Crippen LogP contribution in [-0.4, -0.2) is 23.2 Å². The fourth-order valence-electron chi connectivity index (χ4n) is 2.59. The molecule has 1 unspecified atom stereocenters. The molecular weight excluding hydrogens is 226 g/mol. The second-order valence-corrected chi connectivity index (χ2v) is 5.28. The number of hydrogen-bond donors (Lipinski definition) is 2. The van der Waals surface area contributed by atoms with Crippen molar-refractivity contribution in [3.63, 3.8) is 0 Å². The van der Waals surface area contributed by atoms with E-state index in [0.29, 0.717) is 5.92 Å². The molecule has 0 aliphatic heterocycles. The van der Waals surface area contributed by atoms with E-state index in [1.807, 2.05) is 26.0 Å². The lowest BCUT2D eigenvalue weighted by Crippen LogP contribution is -2.54. The van der Waals surface area contributed by atoms with Crippen molar-refractivity contribution in [2.75, 3.05) is 6.61 Å². The van der Waals surface area contributed by atoms with Gasteiger partial charge in [0.15, 0.2) is 0 Å². The number of aliphatic hydroxyl groups excluding tert-OH is 1. The number of hydrogen-bond acceptors (Lipinski definition) is 2. The fourth-order valence-corrected chi connectivity index (χ4v) is 2.59. The second kappa shape index (κ2) is 7.37. The molecule has 1 rings (SSSR count). The van der Waals surface area contributed by atoms with Gasteiger partial charge in [0.05, 0.1) is 12.1 Å². The van der Waals surface area contributed by atoms with Crippen molar-refractivity contribution in [2.24, 2.45) is 5.92 Å². The molecule has 0 bridgehead atoms. The van der Waals surface area contributed by atoms with Crippen molar-refractivity contribution in [2.45, 2.75) is 51.5 Å². The Bertz CT molecular complexity index is 316. The van der Waals surface area contributed by atoms with Gasteiger partial charge in [-0.2, -0.15) is 0 Å². The minimum Gasteiger partial charge on any atom is -0.394 e. The first-order chi connectivity index (χ1) is 8.62. The maximum absolute atomic E-state index is 11.8. The van der Waals surface area contributed by atoms with E-state index in [0.717, 1.165) is 12.8 Å². The summed E-state index contributed by atoms with van der Waals surface area (Å²) in [6.45, 7) is 3.85. The predicted octanol–water partition coefficient (Wildman–Crippen LogP) is 2.57. The SMILES string of the molecule is C/C=C/C=C/C(=O)NC(C)(CO)C1CCCCC1. The monoisotopic (exact) mass is 251 g/mol. The van der Waals surface area contributed by atoms with Gasteiger partial charge in [0, 0.05) is 6.08 Å². The Morgan fingerprint density at radius 1 is 1.33 bits per heavy atom. The normalized spacial score (nSPS) is 21.3. The van der Waals surface area contributed by atoms with Gasteiger partial charge in [-0.05, 0) is 32.6 Å². The highest BCUT2D eigenvalue weighted by atomic mass is 16.3. The number of aliphatic hydroxyl groups is 1. The standard InChI is InChI=1S/C15H25NO2/c1-3-4-6-11-14(18)16-15(2,12-17)13-9-7-5-8-10-13/h3-4,6,11,13,17H,5,7-10,12H2,1-2H3,(H,16,18)/b4-3+,11-6+.